The molecule has 7 nitrogen and oxygen atoms in total. The number of rotatable bonds is 3. The first-order chi connectivity index (χ1) is 11.5. The number of carbonyl (C=O) groups is 2. The van der Waals surface area contributed by atoms with E-state index in [1.165, 1.54) is 0 Å². The lowest BCUT2D eigenvalue weighted by Gasteiger charge is -2.31. The average molecular weight is 329 g/mol. The Hall–Kier alpha value is -2.83. The average Bonchev–Trinajstić information content (AvgIpc) is 2.92. The monoisotopic (exact) mass is 329 g/mol. The molecule has 7 heteroatoms. The normalized spacial score (nSPS) is 14.8. The lowest BCUT2D eigenvalue weighted by Crippen LogP contribution is -2.42. The third-order valence-corrected chi connectivity index (χ3v) is 4.10. The fraction of sp³-hybridized carbons (Fsp3) is 0.353. The summed E-state index contributed by atoms with van der Waals surface area (Å²) in [5.41, 5.74) is 7.96. The topological polar surface area (TPSA) is 98.7 Å². The molecule has 0 bridgehead atoms. The van der Waals surface area contributed by atoms with Crippen LogP contribution in [0, 0.1) is 6.92 Å². The van der Waals surface area contributed by atoms with Crippen molar-refractivity contribution in [2.45, 2.75) is 32.8 Å². The van der Waals surface area contributed by atoms with Gasteiger partial charge in [-0.3, -0.25) is 4.79 Å². The number of esters is 1. The largest absolute Gasteiger partial charge is 0.449 e. The number of aryl methyl sites for hydroxylation is 2. The zero-order valence-corrected chi connectivity index (χ0v) is 13.6. The first kappa shape index (κ1) is 16.0. The molecule has 0 unspecified atom stereocenters. The fourth-order valence-corrected chi connectivity index (χ4v) is 2.89. The highest BCUT2D eigenvalue weighted by Crippen LogP contribution is 2.27. The Morgan fingerprint density at radius 1 is 1.38 bits per heavy atom. The third kappa shape index (κ3) is 2.84. The van der Waals surface area contributed by atoms with Crippen molar-refractivity contribution in [3.05, 3.63) is 41.1 Å². The van der Waals surface area contributed by atoms with Crippen LogP contribution in [-0.4, -0.2) is 29.7 Å². The molecule has 24 heavy (non-hydrogen) atoms. The second-order valence-corrected chi connectivity index (χ2v) is 5.78. The van der Waals surface area contributed by atoms with Crippen LogP contribution in [0.1, 0.15) is 35.0 Å². The second kappa shape index (κ2) is 6.35. The molecule has 2 N–H and O–H groups in total. The summed E-state index contributed by atoms with van der Waals surface area (Å²) in [5, 5.41) is 3.61. The third-order valence-electron chi connectivity index (χ3n) is 4.10. The van der Waals surface area contributed by atoms with E-state index < -0.39 is 12.1 Å². The van der Waals surface area contributed by atoms with Crippen molar-refractivity contribution in [1.82, 2.24) is 5.16 Å². The molecule has 0 radical (unpaired) electrons. The molecule has 1 aromatic carbocycles. The summed E-state index contributed by atoms with van der Waals surface area (Å²) in [6, 6.07) is 7.76. The maximum Gasteiger partial charge on any atom is 0.346 e. The fourth-order valence-electron chi connectivity index (χ4n) is 2.89. The van der Waals surface area contributed by atoms with Crippen molar-refractivity contribution in [3.8, 4) is 0 Å². The van der Waals surface area contributed by atoms with Gasteiger partial charge in [-0.25, -0.2) is 4.79 Å². The number of hydrogen-bond donors (Lipinski definition) is 1. The molecule has 3 rings (SSSR count). The van der Waals surface area contributed by atoms with Gasteiger partial charge in [0.25, 0.3) is 5.91 Å². The van der Waals surface area contributed by atoms with Crippen molar-refractivity contribution >= 4 is 23.4 Å². The molecule has 126 valence electrons. The number of amides is 1. The van der Waals surface area contributed by atoms with E-state index in [-0.39, 0.29) is 17.4 Å². The van der Waals surface area contributed by atoms with Crippen molar-refractivity contribution in [3.63, 3.8) is 0 Å². The van der Waals surface area contributed by atoms with Crippen LogP contribution >= 0.6 is 0 Å². The van der Waals surface area contributed by atoms with Gasteiger partial charge in [-0.05, 0) is 38.3 Å². The van der Waals surface area contributed by atoms with Crippen molar-refractivity contribution in [1.29, 1.82) is 0 Å². The Labute approximate surface area is 139 Å². The lowest BCUT2D eigenvalue weighted by molar-refractivity contribution is -0.126. The number of anilines is 2. The highest BCUT2D eigenvalue weighted by atomic mass is 16.6. The Morgan fingerprint density at radius 3 is 2.83 bits per heavy atom. The molecule has 2 heterocycles. The molecule has 1 aliphatic heterocycles. The summed E-state index contributed by atoms with van der Waals surface area (Å²) in [6.07, 6.45) is 0.878. The Balaban J connectivity index is 1.75. The highest BCUT2D eigenvalue weighted by Gasteiger charge is 2.30. The van der Waals surface area contributed by atoms with Crippen LogP contribution in [-0.2, 0) is 16.0 Å². The number of ether oxygens (including phenoxy) is 1. The molecule has 0 saturated heterocycles. The van der Waals surface area contributed by atoms with Crippen LogP contribution in [0.3, 0.4) is 0 Å². The minimum absolute atomic E-state index is 0.0636. The Bertz CT molecular complexity index is 764. The number of benzene rings is 1. The molecular weight excluding hydrogens is 310 g/mol. The number of nitrogens with two attached hydrogens (primary N) is 1. The molecule has 2 aromatic rings. The number of para-hydroxylation sites is 1. The molecule has 0 spiro atoms. The molecule has 0 fully saturated rings. The van der Waals surface area contributed by atoms with Crippen LogP contribution in [0.25, 0.3) is 0 Å². The lowest BCUT2D eigenvalue weighted by atomic mass is 10.0. The van der Waals surface area contributed by atoms with Gasteiger partial charge in [0.1, 0.15) is 5.56 Å². The summed E-state index contributed by atoms with van der Waals surface area (Å²) in [7, 11) is 0. The van der Waals surface area contributed by atoms with Gasteiger partial charge in [-0.2, -0.15) is 0 Å². The minimum atomic E-state index is -0.933. The summed E-state index contributed by atoms with van der Waals surface area (Å²) in [6.45, 7) is 3.74. The van der Waals surface area contributed by atoms with Gasteiger partial charge >= 0.3 is 5.97 Å². The maximum absolute atomic E-state index is 12.7. The SMILES string of the molecule is Cc1noc(N)c1C(=O)O[C@@H](C)C(=O)N1CCCc2ccccc21. The van der Waals surface area contributed by atoms with Gasteiger partial charge < -0.3 is 19.9 Å². The number of aromatic nitrogens is 1. The summed E-state index contributed by atoms with van der Waals surface area (Å²) in [5.74, 6) is -1.08. The molecule has 1 aromatic heterocycles. The highest BCUT2D eigenvalue weighted by molar-refractivity contribution is 6.01. The predicted molar refractivity (Wildman–Crippen MR) is 87.6 cm³/mol. The molecule has 1 atom stereocenters. The van der Waals surface area contributed by atoms with Crippen LogP contribution in [0.15, 0.2) is 28.8 Å². The first-order valence-electron chi connectivity index (χ1n) is 7.81. The van der Waals surface area contributed by atoms with E-state index in [9.17, 15) is 9.59 Å². The van der Waals surface area contributed by atoms with Crippen LogP contribution < -0.4 is 10.6 Å². The van der Waals surface area contributed by atoms with Gasteiger partial charge in [0.05, 0.1) is 5.69 Å². The summed E-state index contributed by atoms with van der Waals surface area (Å²) < 4.78 is 10.0. The molecule has 0 aliphatic carbocycles. The van der Waals surface area contributed by atoms with Crippen LogP contribution in [0.5, 0.6) is 0 Å². The number of fused-ring (bicyclic) bond motifs is 1. The molecule has 0 saturated carbocycles. The number of nitrogens with zero attached hydrogens (tertiary/aromatic N) is 2. The number of nitrogen functional groups attached to an aromatic ring is 1. The number of carbonyl (C=O) groups excluding carboxylic acids is 2. The molecule has 1 amide bonds. The van der Waals surface area contributed by atoms with Crippen LogP contribution in [0.2, 0.25) is 0 Å². The van der Waals surface area contributed by atoms with Crippen molar-refractivity contribution < 1.29 is 18.8 Å². The second-order valence-electron chi connectivity index (χ2n) is 5.78. The van der Waals surface area contributed by atoms with Crippen LogP contribution in [0.4, 0.5) is 11.6 Å². The van der Waals surface area contributed by atoms with E-state index in [4.69, 9.17) is 15.0 Å². The quantitative estimate of drug-likeness (QED) is 0.866. The van der Waals surface area contributed by atoms with E-state index in [1.807, 2.05) is 24.3 Å². The Kier molecular flexibility index (Phi) is 4.24. The van der Waals surface area contributed by atoms with Crippen molar-refractivity contribution in [2.75, 3.05) is 17.2 Å². The number of hydrogen-bond acceptors (Lipinski definition) is 6. The van der Waals surface area contributed by atoms with Gasteiger partial charge in [0.15, 0.2) is 6.10 Å². The van der Waals surface area contributed by atoms with E-state index in [1.54, 1.807) is 18.7 Å². The maximum atomic E-state index is 12.7. The summed E-state index contributed by atoms with van der Waals surface area (Å²) >= 11 is 0. The minimum Gasteiger partial charge on any atom is -0.449 e. The van der Waals surface area contributed by atoms with Gasteiger partial charge in [-0.1, -0.05) is 23.4 Å². The predicted octanol–water partition coefficient (Wildman–Crippen LogP) is 2.09. The van der Waals surface area contributed by atoms with E-state index >= 15 is 0 Å². The standard InChI is InChI=1S/C17H19N3O4/c1-10-14(15(18)24-19-10)17(22)23-11(2)16(21)20-9-5-7-12-6-3-4-8-13(12)20/h3-4,6,8,11H,5,7,9,18H2,1-2H3/t11-/m0/s1. The van der Waals surface area contributed by atoms with Gasteiger partial charge in [0, 0.05) is 12.2 Å². The first-order valence-corrected chi connectivity index (χ1v) is 7.81. The van der Waals surface area contributed by atoms with Gasteiger partial charge in [0.2, 0.25) is 5.88 Å². The summed E-state index contributed by atoms with van der Waals surface area (Å²) in [4.78, 5) is 26.6. The van der Waals surface area contributed by atoms with E-state index in [2.05, 4.69) is 5.16 Å². The molecular formula is C17H19N3O4. The zero-order chi connectivity index (χ0) is 17.3. The zero-order valence-electron chi connectivity index (χ0n) is 13.6. The smallest absolute Gasteiger partial charge is 0.346 e. The molecule has 1 aliphatic rings. The van der Waals surface area contributed by atoms with E-state index in [0.29, 0.717) is 12.2 Å². The van der Waals surface area contributed by atoms with Gasteiger partial charge in [-0.15, -0.1) is 0 Å². The van der Waals surface area contributed by atoms with Crippen molar-refractivity contribution in [2.24, 2.45) is 0 Å². The Morgan fingerprint density at radius 2 is 2.12 bits per heavy atom. The van der Waals surface area contributed by atoms with E-state index in [0.717, 1.165) is 24.1 Å².